The minimum absolute atomic E-state index is 0.403. The SMILES string of the molecule is CCOCCN(C)CC(C)(O)CNC(C)C. The maximum absolute atomic E-state index is 10.1. The molecule has 4 heteroatoms. The molecular weight excluding hydrogens is 204 g/mol. The third-order valence-electron chi connectivity index (χ3n) is 2.32. The van der Waals surface area contributed by atoms with Crippen molar-refractivity contribution in [3.8, 4) is 0 Å². The highest BCUT2D eigenvalue weighted by Crippen LogP contribution is 2.04. The van der Waals surface area contributed by atoms with E-state index in [1.54, 1.807) is 0 Å². The fraction of sp³-hybridized carbons (Fsp3) is 1.00. The summed E-state index contributed by atoms with van der Waals surface area (Å²) in [5.41, 5.74) is -0.689. The zero-order chi connectivity index (χ0) is 12.6. The van der Waals surface area contributed by atoms with Gasteiger partial charge in [0.05, 0.1) is 12.2 Å². The second-order valence-electron chi connectivity index (χ2n) is 4.97. The van der Waals surface area contributed by atoms with Crippen molar-refractivity contribution < 1.29 is 9.84 Å². The van der Waals surface area contributed by atoms with Gasteiger partial charge in [0.25, 0.3) is 0 Å². The quantitative estimate of drug-likeness (QED) is 0.575. The van der Waals surface area contributed by atoms with E-state index in [0.29, 0.717) is 19.1 Å². The molecule has 0 saturated heterocycles. The topological polar surface area (TPSA) is 44.7 Å². The highest BCUT2D eigenvalue weighted by molar-refractivity contribution is 4.79. The van der Waals surface area contributed by atoms with Crippen molar-refractivity contribution in [2.75, 3.05) is 39.9 Å². The maximum Gasteiger partial charge on any atom is 0.0869 e. The lowest BCUT2D eigenvalue weighted by Crippen LogP contribution is -2.48. The van der Waals surface area contributed by atoms with Gasteiger partial charge >= 0.3 is 0 Å². The molecule has 0 saturated carbocycles. The number of hydrogen-bond donors (Lipinski definition) is 2. The van der Waals surface area contributed by atoms with Crippen molar-refractivity contribution >= 4 is 0 Å². The molecule has 1 atom stereocenters. The van der Waals surface area contributed by atoms with E-state index < -0.39 is 5.60 Å². The predicted molar refractivity (Wildman–Crippen MR) is 67.8 cm³/mol. The Morgan fingerprint density at radius 2 is 2.06 bits per heavy atom. The Kier molecular flexibility index (Phi) is 7.93. The van der Waals surface area contributed by atoms with Gasteiger partial charge in [-0.25, -0.2) is 0 Å². The van der Waals surface area contributed by atoms with Crippen LogP contribution in [0.5, 0.6) is 0 Å². The first kappa shape index (κ1) is 15.8. The lowest BCUT2D eigenvalue weighted by atomic mass is 10.1. The van der Waals surface area contributed by atoms with Crippen LogP contribution in [0.1, 0.15) is 27.7 Å². The summed E-state index contributed by atoms with van der Waals surface area (Å²) in [6.45, 7) is 11.6. The number of rotatable bonds is 9. The summed E-state index contributed by atoms with van der Waals surface area (Å²) in [4.78, 5) is 2.09. The Bertz CT molecular complexity index is 172. The van der Waals surface area contributed by atoms with Gasteiger partial charge in [0, 0.05) is 32.3 Å². The van der Waals surface area contributed by atoms with Gasteiger partial charge in [-0.1, -0.05) is 13.8 Å². The normalized spacial score (nSPS) is 15.8. The van der Waals surface area contributed by atoms with Gasteiger partial charge in [-0.15, -0.1) is 0 Å². The van der Waals surface area contributed by atoms with Crippen LogP contribution in [0.15, 0.2) is 0 Å². The highest BCUT2D eigenvalue weighted by atomic mass is 16.5. The molecule has 0 aliphatic rings. The van der Waals surface area contributed by atoms with Gasteiger partial charge in [-0.2, -0.15) is 0 Å². The first-order valence-corrected chi connectivity index (χ1v) is 6.09. The second kappa shape index (κ2) is 8.01. The van der Waals surface area contributed by atoms with Crippen LogP contribution in [0.25, 0.3) is 0 Å². The molecule has 0 amide bonds. The van der Waals surface area contributed by atoms with Crippen molar-refractivity contribution in [1.82, 2.24) is 10.2 Å². The molecule has 1 unspecified atom stereocenters. The molecular formula is C12H28N2O2. The van der Waals surface area contributed by atoms with Crippen LogP contribution in [0, 0.1) is 0 Å². The maximum atomic E-state index is 10.1. The third kappa shape index (κ3) is 9.09. The summed E-state index contributed by atoms with van der Waals surface area (Å²) in [5.74, 6) is 0. The van der Waals surface area contributed by atoms with Crippen molar-refractivity contribution in [1.29, 1.82) is 0 Å². The Morgan fingerprint density at radius 3 is 2.56 bits per heavy atom. The Morgan fingerprint density at radius 1 is 1.44 bits per heavy atom. The zero-order valence-corrected chi connectivity index (χ0v) is 11.4. The highest BCUT2D eigenvalue weighted by Gasteiger charge is 2.22. The minimum atomic E-state index is -0.689. The lowest BCUT2D eigenvalue weighted by Gasteiger charge is -2.30. The molecule has 0 aromatic rings. The van der Waals surface area contributed by atoms with Crippen molar-refractivity contribution in [3.63, 3.8) is 0 Å². The summed E-state index contributed by atoms with van der Waals surface area (Å²) in [6, 6.07) is 0.403. The number of likely N-dealkylation sites (N-methyl/N-ethyl adjacent to an activating group) is 1. The van der Waals surface area contributed by atoms with E-state index in [2.05, 4.69) is 24.1 Å². The molecule has 0 radical (unpaired) electrons. The van der Waals surface area contributed by atoms with Crippen LogP contribution in [0.3, 0.4) is 0 Å². The van der Waals surface area contributed by atoms with Crippen molar-refractivity contribution in [2.45, 2.75) is 39.3 Å². The van der Waals surface area contributed by atoms with E-state index in [0.717, 1.165) is 19.8 Å². The van der Waals surface area contributed by atoms with E-state index in [1.807, 2.05) is 20.9 Å². The summed E-state index contributed by atoms with van der Waals surface area (Å²) in [5, 5.41) is 13.4. The molecule has 0 spiro atoms. The van der Waals surface area contributed by atoms with Crippen LogP contribution in [0.2, 0.25) is 0 Å². The van der Waals surface area contributed by atoms with Crippen LogP contribution in [0.4, 0.5) is 0 Å². The molecule has 0 fully saturated rings. The minimum Gasteiger partial charge on any atom is -0.388 e. The Labute approximate surface area is 100.0 Å². The number of nitrogens with one attached hydrogen (secondary N) is 1. The molecule has 16 heavy (non-hydrogen) atoms. The van der Waals surface area contributed by atoms with E-state index in [1.165, 1.54) is 0 Å². The average Bonchev–Trinajstić information content (AvgIpc) is 2.15. The van der Waals surface area contributed by atoms with Gasteiger partial charge < -0.3 is 20.1 Å². The first-order valence-electron chi connectivity index (χ1n) is 6.09. The molecule has 0 aromatic heterocycles. The second-order valence-corrected chi connectivity index (χ2v) is 4.97. The van der Waals surface area contributed by atoms with Crippen LogP contribution < -0.4 is 5.32 Å². The number of nitrogens with zero attached hydrogens (tertiary/aromatic N) is 1. The molecule has 0 bridgehead atoms. The number of hydrogen-bond acceptors (Lipinski definition) is 4. The van der Waals surface area contributed by atoms with E-state index >= 15 is 0 Å². The fourth-order valence-corrected chi connectivity index (χ4v) is 1.51. The lowest BCUT2D eigenvalue weighted by molar-refractivity contribution is 0.0177. The van der Waals surface area contributed by atoms with E-state index in [9.17, 15) is 5.11 Å². The fourth-order valence-electron chi connectivity index (χ4n) is 1.51. The van der Waals surface area contributed by atoms with Gasteiger partial charge in [-0.3, -0.25) is 0 Å². The van der Waals surface area contributed by atoms with Crippen molar-refractivity contribution in [2.24, 2.45) is 0 Å². The van der Waals surface area contributed by atoms with E-state index in [-0.39, 0.29) is 0 Å². The number of ether oxygens (including phenoxy) is 1. The van der Waals surface area contributed by atoms with Crippen LogP contribution in [-0.4, -0.2) is 61.5 Å². The Balaban J connectivity index is 3.76. The molecule has 98 valence electrons. The van der Waals surface area contributed by atoms with Gasteiger partial charge in [0.15, 0.2) is 0 Å². The molecule has 0 aliphatic carbocycles. The summed E-state index contributed by atoms with van der Waals surface area (Å²) >= 11 is 0. The average molecular weight is 232 g/mol. The van der Waals surface area contributed by atoms with Gasteiger partial charge in [0.2, 0.25) is 0 Å². The molecule has 0 aliphatic heterocycles. The predicted octanol–water partition coefficient (Wildman–Crippen LogP) is 0.704. The zero-order valence-electron chi connectivity index (χ0n) is 11.4. The van der Waals surface area contributed by atoms with Crippen molar-refractivity contribution in [3.05, 3.63) is 0 Å². The van der Waals surface area contributed by atoms with Crippen LogP contribution in [-0.2, 0) is 4.74 Å². The van der Waals surface area contributed by atoms with Gasteiger partial charge in [-0.05, 0) is 20.9 Å². The van der Waals surface area contributed by atoms with E-state index in [4.69, 9.17) is 4.74 Å². The third-order valence-corrected chi connectivity index (χ3v) is 2.32. The van der Waals surface area contributed by atoms with Gasteiger partial charge in [0.1, 0.15) is 0 Å². The Hall–Kier alpha value is -0.160. The molecule has 0 heterocycles. The summed E-state index contributed by atoms with van der Waals surface area (Å²) in [6.07, 6.45) is 0. The molecule has 2 N–H and O–H groups in total. The number of aliphatic hydroxyl groups is 1. The monoisotopic (exact) mass is 232 g/mol. The first-order chi connectivity index (χ1) is 7.37. The molecule has 4 nitrogen and oxygen atoms in total. The smallest absolute Gasteiger partial charge is 0.0869 e. The molecule has 0 rings (SSSR count). The molecule has 0 aromatic carbocycles. The standard InChI is InChI=1S/C12H28N2O2/c1-6-16-8-7-14(5)10-12(4,15)9-13-11(2)3/h11,13,15H,6-10H2,1-5H3. The summed E-state index contributed by atoms with van der Waals surface area (Å²) < 4.78 is 5.28. The van der Waals surface area contributed by atoms with Crippen LogP contribution >= 0.6 is 0 Å². The largest absolute Gasteiger partial charge is 0.388 e. The summed E-state index contributed by atoms with van der Waals surface area (Å²) in [7, 11) is 2.00.